The van der Waals surface area contributed by atoms with Crippen LogP contribution in [0.3, 0.4) is 0 Å². The fourth-order valence-electron chi connectivity index (χ4n) is 1.26. The number of hydrogen-bond acceptors (Lipinski definition) is 3. The van der Waals surface area contributed by atoms with Crippen LogP contribution in [0.4, 0.5) is 13.2 Å². The minimum absolute atomic E-state index is 0.260. The molecule has 9 heteroatoms. The minimum Gasteiger partial charge on any atom is -0.393 e. The van der Waals surface area contributed by atoms with Gasteiger partial charge in [0.05, 0.1) is 4.99 Å². The lowest BCUT2D eigenvalue weighted by molar-refractivity contribution is -0.142. The SMILES string of the molecule is CN(CCC(N)=S)C(=O)Cn1ccc(C(F)(F)F)n1. The number of nitrogens with two attached hydrogens (primary N) is 1. The fraction of sp³-hybridized carbons (Fsp3) is 0.500. The molecule has 0 fully saturated rings. The molecule has 1 aromatic rings. The number of alkyl halides is 3. The summed E-state index contributed by atoms with van der Waals surface area (Å²) in [5, 5.41) is 3.29. The summed E-state index contributed by atoms with van der Waals surface area (Å²) in [7, 11) is 1.52. The second kappa shape index (κ2) is 6.00. The first-order chi connectivity index (χ1) is 8.70. The molecule has 1 heterocycles. The van der Waals surface area contributed by atoms with Gasteiger partial charge >= 0.3 is 6.18 Å². The Kier molecular flexibility index (Phi) is 4.87. The summed E-state index contributed by atoms with van der Waals surface area (Å²) >= 11 is 4.67. The van der Waals surface area contributed by atoms with E-state index < -0.39 is 11.9 Å². The van der Waals surface area contributed by atoms with Crippen LogP contribution < -0.4 is 5.73 Å². The molecule has 0 atom stereocenters. The number of aromatic nitrogens is 2. The molecule has 0 aromatic carbocycles. The van der Waals surface area contributed by atoms with Crippen molar-refractivity contribution in [3.8, 4) is 0 Å². The average molecular weight is 294 g/mol. The maximum atomic E-state index is 12.3. The summed E-state index contributed by atoms with van der Waals surface area (Å²) in [6, 6.07) is 0.822. The maximum absolute atomic E-state index is 12.3. The maximum Gasteiger partial charge on any atom is 0.435 e. The van der Waals surface area contributed by atoms with Gasteiger partial charge in [-0.3, -0.25) is 9.48 Å². The van der Waals surface area contributed by atoms with Crippen molar-refractivity contribution in [1.82, 2.24) is 14.7 Å². The van der Waals surface area contributed by atoms with Crippen molar-refractivity contribution in [2.75, 3.05) is 13.6 Å². The van der Waals surface area contributed by atoms with Gasteiger partial charge in [0.15, 0.2) is 5.69 Å². The Morgan fingerprint density at radius 3 is 2.68 bits per heavy atom. The minimum atomic E-state index is -4.51. The highest BCUT2D eigenvalue weighted by molar-refractivity contribution is 7.80. The van der Waals surface area contributed by atoms with Crippen molar-refractivity contribution < 1.29 is 18.0 Å². The van der Waals surface area contributed by atoms with E-state index in [4.69, 9.17) is 5.73 Å². The van der Waals surface area contributed by atoms with E-state index in [-0.39, 0.29) is 17.4 Å². The standard InChI is InChI=1S/C10H13F3N4OS/c1-16(4-3-8(14)19)9(18)6-17-5-2-7(15-17)10(11,12)13/h2,5H,3-4,6H2,1H3,(H2,14,19). The molecule has 1 amide bonds. The number of nitrogens with zero attached hydrogens (tertiary/aromatic N) is 3. The normalized spacial score (nSPS) is 11.4. The summed E-state index contributed by atoms with van der Waals surface area (Å²) in [6.45, 7) is 0.0610. The summed E-state index contributed by atoms with van der Waals surface area (Å²) in [4.78, 5) is 13.3. The van der Waals surface area contributed by atoms with Crippen molar-refractivity contribution in [2.24, 2.45) is 5.73 Å². The number of carbonyl (C=O) groups excluding carboxylic acids is 1. The molecule has 0 saturated heterocycles. The number of hydrogen-bond donors (Lipinski definition) is 1. The first kappa shape index (κ1) is 15.4. The van der Waals surface area contributed by atoms with Gasteiger partial charge in [0.2, 0.25) is 5.91 Å². The second-order valence-corrected chi connectivity index (χ2v) is 4.45. The van der Waals surface area contributed by atoms with Gasteiger partial charge in [-0.15, -0.1) is 0 Å². The Hall–Kier alpha value is -1.64. The van der Waals surface area contributed by atoms with Crippen molar-refractivity contribution >= 4 is 23.1 Å². The Morgan fingerprint density at radius 2 is 2.21 bits per heavy atom. The van der Waals surface area contributed by atoms with Crippen LogP contribution in [0.2, 0.25) is 0 Å². The van der Waals surface area contributed by atoms with Crippen molar-refractivity contribution in [3.05, 3.63) is 18.0 Å². The Labute approximate surface area is 113 Å². The van der Waals surface area contributed by atoms with Crippen molar-refractivity contribution in [3.63, 3.8) is 0 Å². The largest absolute Gasteiger partial charge is 0.435 e. The van der Waals surface area contributed by atoms with Gasteiger partial charge in [-0.2, -0.15) is 18.3 Å². The average Bonchev–Trinajstić information content (AvgIpc) is 2.73. The first-order valence-electron chi connectivity index (χ1n) is 5.33. The third kappa shape index (κ3) is 4.86. The van der Waals surface area contributed by atoms with Crippen LogP contribution in [0.5, 0.6) is 0 Å². The highest BCUT2D eigenvalue weighted by Crippen LogP contribution is 2.27. The molecule has 106 valence electrons. The zero-order valence-corrected chi connectivity index (χ0v) is 11.0. The third-order valence-corrected chi connectivity index (χ3v) is 2.55. The fourth-order valence-corrected chi connectivity index (χ4v) is 1.35. The number of likely N-dealkylation sites (N-methyl/N-ethyl adjacent to an activating group) is 1. The second-order valence-electron chi connectivity index (χ2n) is 3.93. The van der Waals surface area contributed by atoms with Gasteiger partial charge in [0.25, 0.3) is 0 Å². The van der Waals surface area contributed by atoms with E-state index in [1.165, 1.54) is 11.9 Å². The molecule has 2 N–H and O–H groups in total. The molecule has 0 bridgehead atoms. The van der Waals surface area contributed by atoms with Gasteiger partial charge in [-0.25, -0.2) is 0 Å². The van der Waals surface area contributed by atoms with Crippen LogP contribution >= 0.6 is 12.2 Å². The number of halogens is 3. The topological polar surface area (TPSA) is 64.2 Å². The van der Waals surface area contributed by atoms with E-state index in [9.17, 15) is 18.0 Å². The van der Waals surface area contributed by atoms with E-state index in [1.807, 2.05) is 0 Å². The van der Waals surface area contributed by atoms with Crippen LogP contribution in [0.25, 0.3) is 0 Å². The molecular formula is C10H13F3N4OS. The smallest absolute Gasteiger partial charge is 0.393 e. The predicted octanol–water partition coefficient (Wildman–Crippen LogP) is 1.04. The first-order valence-corrected chi connectivity index (χ1v) is 5.74. The van der Waals surface area contributed by atoms with Gasteiger partial charge in [-0.05, 0) is 6.07 Å². The van der Waals surface area contributed by atoms with Gasteiger partial charge < -0.3 is 10.6 Å². The zero-order chi connectivity index (χ0) is 14.6. The Bertz CT molecular complexity index is 472. The van der Waals surface area contributed by atoms with Crippen molar-refractivity contribution in [2.45, 2.75) is 19.1 Å². The van der Waals surface area contributed by atoms with E-state index in [0.29, 0.717) is 13.0 Å². The molecule has 0 aliphatic carbocycles. The molecule has 1 rings (SSSR count). The summed E-state index contributed by atoms with van der Waals surface area (Å²) in [6.07, 6.45) is -3.03. The highest BCUT2D eigenvalue weighted by atomic mass is 32.1. The van der Waals surface area contributed by atoms with Gasteiger partial charge in [0.1, 0.15) is 6.54 Å². The molecule has 5 nitrogen and oxygen atoms in total. The molecule has 0 radical (unpaired) electrons. The predicted molar refractivity (Wildman–Crippen MR) is 66.3 cm³/mol. The van der Waals surface area contributed by atoms with Crippen LogP contribution in [-0.2, 0) is 17.5 Å². The van der Waals surface area contributed by atoms with E-state index in [1.54, 1.807) is 0 Å². The third-order valence-electron chi connectivity index (χ3n) is 2.35. The summed E-state index contributed by atoms with van der Waals surface area (Å²) in [5.41, 5.74) is 4.27. The molecule has 0 aliphatic heterocycles. The number of amides is 1. The quantitative estimate of drug-likeness (QED) is 0.824. The molecule has 19 heavy (non-hydrogen) atoms. The molecular weight excluding hydrogens is 281 g/mol. The molecule has 0 spiro atoms. The molecule has 0 aliphatic rings. The Balaban J connectivity index is 2.57. The van der Waals surface area contributed by atoms with E-state index >= 15 is 0 Å². The van der Waals surface area contributed by atoms with Crippen LogP contribution in [0.15, 0.2) is 12.3 Å². The number of thiocarbonyl (C=S) groups is 1. The number of carbonyl (C=O) groups is 1. The summed E-state index contributed by atoms with van der Waals surface area (Å²) < 4.78 is 37.9. The monoisotopic (exact) mass is 294 g/mol. The lowest BCUT2D eigenvalue weighted by Gasteiger charge is -2.16. The van der Waals surface area contributed by atoms with Crippen LogP contribution in [0, 0.1) is 0 Å². The van der Waals surface area contributed by atoms with Crippen LogP contribution in [-0.4, -0.2) is 39.2 Å². The highest BCUT2D eigenvalue weighted by Gasteiger charge is 2.33. The zero-order valence-electron chi connectivity index (χ0n) is 10.1. The molecule has 0 saturated carbocycles. The van der Waals surface area contributed by atoms with Crippen molar-refractivity contribution in [1.29, 1.82) is 0 Å². The van der Waals surface area contributed by atoms with E-state index in [2.05, 4.69) is 17.3 Å². The summed E-state index contributed by atoms with van der Waals surface area (Å²) in [5.74, 6) is -0.368. The van der Waals surface area contributed by atoms with E-state index in [0.717, 1.165) is 16.9 Å². The molecule has 0 unspecified atom stereocenters. The number of rotatable bonds is 5. The van der Waals surface area contributed by atoms with Crippen LogP contribution in [0.1, 0.15) is 12.1 Å². The lowest BCUT2D eigenvalue weighted by Crippen LogP contribution is -2.33. The van der Waals surface area contributed by atoms with Gasteiger partial charge in [-0.1, -0.05) is 12.2 Å². The lowest BCUT2D eigenvalue weighted by atomic mass is 10.4. The molecule has 1 aromatic heterocycles. The Morgan fingerprint density at radius 1 is 1.58 bits per heavy atom. The van der Waals surface area contributed by atoms with Gasteiger partial charge in [0, 0.05) is 26.2 Å².